The Morgan fingerprint density at radius 1 is 0.960 bits per heavy atom. The Hall–Kier alpha value is -0.830. The smallest absolute Gasteiger partial charge is 0.335 e. The monoisotopic (exact) mass is 350 g/mol. The van der Waals surface area contributed by atoms with E-state index in [9.17, 15) is 4.79 Å². The fraction of sp³-hybridized carbons (Fsp3) is 0.864. The normalized spacial score (nSPS) is 30.0. The van der Waals surface area contributed by atoms with E-state index in [4.69, 9.17) is 9.84 Å². The van der Waals surface area contributed by atoms with Crippen LogP contribution in [0.25, 0.3) is 0 Å². The fourth-order valence-electron chi connectivity index (χ4n) is 4.82. The highest BCUT2D eigenvalue weighted by Gasteiger charge is 2.31. The average molecular weight is 351 g/mol. The highest BCUT2D eigenvalue weighted by Crippen LogP contribution is 2.42. The Kier molecular flexibility index (Phi) is 9.02. The number of ether oxygens (including phenoxy) is 1. The first-order valence-corrected chi connectivity index (χ1v) is 10.6. The van der Waals surface area contributed by atoms with Gasteiger partial charge in [-0.3, -0.25) is 0 Å². The Balaban J connectivity index is 1.61. The number of hydrogen-bond acceptors (Lipinski definition) is 3. The van der Waals surface area contributed by atoms with Gasteiger partial charge in [-0.2, -0.15) is 0 Å². The first kappa shape index (κ1) is 20.5. The lowest BCUT2D eigenvalue weighted by Gasteiger charge is -2.37. The zero-order chi connectivity index (χ0) is 18.1. The summed E-state index contributed by atoms with van der Waals surface area (Å²) in [6.07, 6.45) is 16.4. The van der Waals surface area contributed by atoms with Gasteiger partial charge in [0.1, 0.15) is 0 Å². The van der Waals surface area contributed by atoms with E-state index in [-0.39, 0.29) is 12.2 Å². The van der Waals surface area contributed by atoms with Crippen LogP contribution in [0.1, 0.15) is 84.0 Å². The minimum absolute atomic E-state index is 0.157. The van der Waals surface area contributed by atoms with E-state index >= 15 is 0 Å². The van der Waals surface area contributed by atoms with E-state index in [0.29, 0.717) is 12.5 Å². The number of esters is 1. The molecule has 0 atom stereocenters. The molecule has 3 nitrogen and oxygen atoms in total. The van der Waals surface area contributed by atoms with Gasteiger partial charge >= 0.3 is 5.97 Å². The van der Waals surface area contributed by atoms with Crippen molar-refractivity contribution in [3.63, 3.8) is 0 Å². The zero-order valence-electron chi connectivity index (χ0n) is 16.2. The summed E-state index contributed by atoms with van der Waals surface area (Å²) in [7, 11) is 0. The topological polar surface area (TPSA) is 46.5 Å². The molecule has 0 aromatic rings. The summed E-state index contributed by atoms with van der Waals surface area (Å²) in [4.78, 5) is 11.6. The molecule has 144 valence electrons. The largest absolute Gasteiger partial charge is 0.462 e. The summed E-state index contributed by atoms with van der Waals surface area (Å²) in [5.74, 6) is 2.90. The van der Waals surface area contributed by atoms with Gasteiger partial charge in [0.25, 0.3) is 0 Å². The van der Waals surface area contributed by atoms with Crippen molar-refractivity contribution in [1.82, 2.24) is 0 Å². The van der Waals surface area contributed by atoms with E-state index in [0.717, 1.165) is 17.8 Å². The van der Waals surface area contributed by atoms with Crippen molar-refractivity contribution in [3.8, 4) is 0 Å². The summed E-state index contributed by atoms with van der Waals surface area (Å²) in [6, 6.07) is 0. The van der Waals surface area contributed by atoms with E-state index in [1.807, 2.05) is 0 Å². The molecule has 2 rings (SSSR count). The highest BCUT2D eigenvalue weighted by molar-refractivity contribution is 5.87. The summed E-state index contributed by atoms with van der Waals surface area (Å²) in [5, 5.41) is 8.90. The highest BCUT2D eigenvalue weighted by atomic mass is 16.5. The average Bonchev–Trinajstić information content (AvgIpc) is 2.66. The predicted octanol–water partition coefficient (Wildman–Crippen LogP) is 5.27. The molecule has 0 radical (unpaired) electrons. The molecule has 25 heavy (non-hydrogen) atoms. The standard InChI is InChI=1S/C22H38O3/c1-3-4-5-6-18-7-11-20(12-8-18)21-13-9-19(10-14-21)16-25-22(24)17(2)15-23/h18-21,23H,2-16H2,1H3. The van der Waals surface area contributed by atoms with Crippen molar-refractivity contribution >= 4 is 5.97 Å². The summed E-state index contributed by atoms with van der Waals surface area (Å²) < 4.78 is 5.28. The lowest BCUT2D eigenvalue weighted by molar-refractivity contribution is -0.141. The van der Waals surface area contributed by atoms with Gasteiger partial charge in [-0.1, -0.05) is 52.0 Å². The van der Waals surface area contributed by atoms with Crippen LogP contribution in [0, 0.1) is 23.7 Å². The molecule has 0 spiro atoms. The molecule has 2 aliphatic carbocycles. The van der Waals surface area contributed by atoms with Gasteiger partial charge in [0.15, 0.2) is 0 Å². The van der Waals surface area contributed by atoms with Gasteiger partial charge in [-0.15, -0.1) is 0 Å². The third-order valence-electron chi connectivity index (χ3n) is 6.60. The zero-order valence-corrected chi connectivity index (χ0v) is 16.2. The van der Waals surface area contributed by atoms with E-state index in [1.54, 1.807) is 0 Å². The molecular weight excluding hydrogens is 312 g/mol. The molecule has 3 heteroatoms. The van der Waals surface area contributed by atoms with Crippen molar-refractivity contribution in [1.29, 1.82) is 0 Å². The molecule has 0 aromatic carbocycles. The molecule has 1 N–H and O–H groups in total. The minimum atomic E-state index is -0.439. The molecule has 0 amide bonds. The van der Waals surface area contributed by atoms with Gasteiger partial charge in [0, 0.05) is 0 Å². The second-order valence-electron chi connectivity index (χ2n) is 8.42. The van der Waals surface area contributed by atoms with Gasteiger partial charge in [0.2, 0.25) is 0 Å². The van der Waals surface area contributed by atoms with Gasteiger partial charge in [-0.25, -0.2) is 4.79 Å². The summed E-state index contributed by atoms with van der Waals surface area (Å²) in [5.41, 5.74) is 0.157. The molecule has 2 saturated carbocycles. The molecule has 0 bridgehead atoms. The van der Waals surface area contributed by atoms with Gasteiger partial charge < -0.3 is 9.84 Å². The first-order valence-electron chi connectivity index (χ1n) is 10.6. The van der Waals surface area contributed by atoms with Crippen LogP contribution in [0.15, 0.2) is 12.2 Å². The SMILES string of the molecule is C=C(CO)C(=O)OCC1CCC(C2CCC(CCCCC)CC2)CC1. The third-order valence-corrected chi connectivity index (χ3v) is 6.60. The van der Waals surface area contributed by atoms with Crippen LogP contribution in [-0.2, 0) is 9.53 Å². The maximum atomic E-state index is 11.6. The van der Waals surface area contributed by atoms with Crippen LogP contribution in [0.5, 0.6) is 0 Å². The lowest BCUT2D eigenvalue weighted by Crippen LogP contribution is -2.27. The molecule has 0 heterocycles. The van der Waals surface area contributed by atoms with Crippen LogP contribution < -0.4 is 0 Å². The van der Waals surface area contributed by atoms with E-state index in [2.05, 4.69) is 13.5 Å². The Morgan fingerprint density at radius 3 is 2.04 bits per heavy atom. The van der Waals surface area contributed by atoms with Gasteiger partial charge in [0.05, 0.1) is 18.8 Å². The van der Waals surface area contributed by atoms with E-state index in [1.165, 1.54) is 77.0 Å². The van der Waals surface area contributed by atoms with Crippen molar-refractivity contribution < 1.29 is 14.6 Å². The summed E-state index contributed by atoms with van der Waals surface area (Å²) in [6.45, 7) is 5.99. The van der Waals surface area contributed by atoms with Gasteiger partial charge in [-0.05, 0) is 62.2 Å². The lowest BCUT2D eigenvalue weighted by atomic mass is 9.69. The number of aliphatic hydroxyl groups is 1. The fourth-order valence-corrected chi connectivity index (χ4v) is 4.82. The van der Waals surface area contributed by atoms with Crippen LogP contribution in [0.2, 0.25) is 0 Å². The second kappa shape index (κ2) is 11.0. The third kappa shape index (κ3) is 6.77. The Bertz CT molecular complexity index is 401. The molecule has 0 aromatic heterocycles. The molecule has 2 aliphatic rings. The number of carbonyl (C=O) groups excluding carboxylic acids is 1. The van der Waals surface area contributed by atoms with Crippen LogP contribution >= 0.6 is 0 Å². The first-order chi connectivity index (χ1) is 12.1. The number of rotatable bonds is 9. The predicted molar refractivity (Wildman–Crippen MR) is 102 cm³/mol. The molecule has 0 unspecified atom stereocenters. The maximum Gasteiger partial charge on any atom is 0.335 e. The quantitative estimate of drug-likeness (QED) is 0.350. The number of hydrogen-bond donors (Lipinski definition) is 1. The number of carbonyl (C=O) groups is 1. The number of unbranched alkanes of at least 4 members (excludes halogenated alkanes) is 2. The maximum absolute atomic E-state index is 11.6. The molecule has 0 saturated heterocycles. The molecule has 0 aliphatic heterocycles. The van der Waals surface area contributed by atoms with Crippen molar-refractivity contribution in [3.05, 3.63) is 12.2 Å². The van der Waals surface area contributed by atoms with E-state index < -0.39 is 5.97 Å². The van der Waals surface area contributed by atoms with Crippen molar-refractivity contribution in [2.24, 2.45) is 23.7 Å². The molecule has 2 fully saturated rings. The van der Waals surface area contributed by atoms with Crippen LogP contribution in [0.4, 0.5) is 0 Å². The Labute approximate surface area is 154 Å². The minimum Gasteiger partial charge on any atom is -0.462 e. The number of aliphatic hydroxyl groups excluding tert-OH is 1. The van der Waals surface area contributed by atoms with Crippen LogP contribution in [-0.4, -0.2) is 24.3 Å². The summed E-state index contributed by atoms with van der Waals surface area (Å²) >= 11 is 0. The molecular formula is C22H38O3. The Morgan fingerprint density at radius 2 is 1.52 bits per heavy atom. The second-order valence-corrected chi connectivity index (χ2v) is 8.42. The van der Waals surface area contributed by atoms with Crippen molar-refractivity contribution in [2.45, 2.75) is 84.0 Å². The van der Waals surface area contributed by atoms with Crippen molar-refractivity contribution in [2.75, 3.05) is 13.2 Å². The van der Waals surface area contributed by atoms with Crippen LogP contribution in [0.3, 0.4) is 0 Å².